The second-order valence-electron chi connectivity index (χ2n) is 3.19. The SMILES string of the molecule is C[CH]NC(CCC)C1CC1. The molecule has 1 nitrogen and oxygen atoms in total. The van der Waals surface area contributed by atoms with Crippen molar-refractivity contribution in [2.75, 3.05) is 0 Å². The zero-order valence-corrected chi connectivity index (χ0v) is 7.06. The minimum atomic E-state index is 0.787. The summed E-state index contributed by atoms with van der Waals surface area (Å²) in [6.45, 7) is 6.41. The average molecular weight is 140 g/mol. The van der Waals surface area contributed by atoms with Gasteiger partial charge >= 0.3 is 0 Å². The maximum Gasteiger partial charge on any atom is 0.0193 e. The standard InChI is InChI=1S/C9H18N/c1-3-5-9(10-4-2)8-6-7-8/h4,8-10H,3,5-7H2,1-2H3. The Morgan fingerprint density at radius 2 is 2.30 bits per heavy atom. The van der Waals surface area contributed by atoms with Gasteiger partial charge in [-0.3, -0.25) is 0 Å². The largest absolute Gasteiger partial charge is 0.310 e. The Balaban J connectivity index is 2.13. The Hall–Kier alpha value is -0.0400. The first-order valence-corrected chi connectivity index (χ1v) is 4.42. The molecule has 0 aliphatic heterocycles. The Bertz CT molecular complexity index is 80.7. The van der Waals surface area contributed by atoms with Crippen LogP contribution < -0.4 is 5.32 Å². The van der Waals surface area contributed by atoms with Crippen molar-refractivity contribution in [3.05, 3.63) is 6.54 Å². The van der Waals surface area contributed by atoms with Gasteiger partial charge in [0.2, 0.25) is 0 Å². The van der Waals surface area contributed by atoms with E-state index < -0.39 is 0 Å². The lowest BCUT2D eigenvalue weighted by Gasteiger charge is -2.14. The monoisotopic (exact) mass is 140 g/mol. The highest BCUT2D eigenvalue weighted by molar-refractivity contribution is 4.87. The van der Waals surface area contributed by atoms with Gasteiger partial charge in [-0.1, -0.05) is 13.3 Å². The third-order valence-corrected chi connectivity index (χ3v) is 2.17. The molecule has 0 spiro atoms. The van der Waals surface area contributed by atoms with E-state index in [1.807, 2.05) is 0 Å². The van der Waals surface area contributed by atoms with Crippen LogP contribution in [-0.2, 0) is 0 Å². The number of hydrogen-bond donors (Lipinski definition) is 1. The molecule has 1 aliphatic carbocycles. The quantitative estimate of drug-likeness (QED) is 0.618. The summed E-state index contributed by atoms with van der Waals surface area (Å²) in [6.07, 6.45) is 5.55. The molecule has 0 amide bonds. The Labute approximate surface area is 64.2 Å². The highest BCUT2D eigenvalue weighted by Gasteiger charge is 2.29. The van der Waals surface area contributed by atoms with E-state index in [2.05, 4.69) is 25.7 Å². The minimum absolute atomic E-state index is 0.787. The smallest absolute Gasteiger partial charge is 0.0193 e. The van der Waals surface area contributed by atoms with E-state index >= 15 is 0 Å². The van der Waals surface area contributed by atoms with E-state index in [-0.39, 0.29) is 0 Å². The van der Waals surface area contributed by atoms with Crippen LogP contribution in [0, 0.1) is 12.5 Å². The summed E-state index contributed by atoms with van der Waals surface area (Å²) in [6, 6.07) is 0.787. The van der Waals surface area contributed by atoms with Crippen LogP contribution in [0.2, 0.25) is 0 Å². The Kier molecular flexibility index (Phi) is 3.20. The van der Waals surface area contributed by atoms with Crippen molar-refractivity contribution in [3.8, 4) is 0 Å². The van der Waals surface area contributed by atoms with Gasteiger partial charge in [0, 0.05) is 12.6 Å². The Morgan fingerprint density at radius 1 is 1.60 bits per heavy atom. The fourth-order valence-corrected chi connectivity index (χ4v) is 1.48. The zero-order valence-electron chi connectivity index (χ0n) is 7.06. The predicted octanol–water partition coefficient (Wildman–Crippen LogP) is 2.34. The molecule has 59 valence electrons. The van der Waals surface area contributed by atoms with Gasteiger partial charge in [-0.25, -0.2) is 0 Å². The molecule has 1 rings (SSSR count). The molecule has 1 fully saturated rings. The maximum absolute atomic E-state index is 3.42. The van der Waals surface area contributed by atoms with Crippen LogP contribution in [0.1, 0.15) is 39.5 Å². The molecule has 0 aromatic carbocycles. The fraction of sp³-hybridized carbons (Fsp3) is 0.889. The van der Waals surface area contributed by atoms with E-state index in [0.29, 0.717) is 0 Å². The molecule has 1 aliphatic rings. The normalized spacial score (nSPS) is 21.0. The van der Waals surface area contributed by atoms with E-state index in [9.17, 15) is 0 Å². The topological polar surface area (TPSA) is 12.0 Å². The lowest BCUT2D eigenvalue weighted by Crippen LogP contribution is -2.27. The van der Waals surface area contributed by atoms with Crippen LogP contribution in [-0.4, -0.2) is 6.04 Å². The predicted molar refractivity (Wildman–Crippen MR) is 44.5 cm³/mol. The average Bonchev–Trinajstić information content (AvgIpc) is 2.69. The first-order chi connectivity index (χ1) is 4.88. The second kappa shape index (κ2) is 3.97. The molecular formula is C9H18N. The van der Waals surface area contributed by atoms with Gasteiger partial charge in [0.05, 0.1) is 0 Å². The lowest BCUT2D eigenvalue weighted by atomic mass is 10.1. The van der Waals surface area contributed by atoms with E-state index in [1.165, 1.54) is 25.7 Å². The molecule has 0 bridgehead atoms. The number of nitrogens with one attached hydrogen (secondary N) is 1. The van der Waals surface area contributed by atoms with E-state index in [0.717, 1.165) is 12.0 Å². The van der Waals surface area contributed by atoms with Gasteiger partial charge in [-0.15, -0.1) is 0 Å². The minimum Gasteiger partial charge on any atom is -0.310 e. The number of rotatable bonds is 5. The van der Waals surface area contributed by atoms with Gasteiger partial charge < -0.3 is 5.32 Å². The van der Waals surface area contributed by atoms with Gasteiger partial charge in [0.1, 0.15) is 0 Å². The summed E-state index contributed by atoms with van der Waals surface area (Å²) in [4.78, 5) is 0. The summed E-state index contributed by atoms with van der Waals surface area (Å²) in [5.41, 5.74) is 0. The van der Waals surface area contributed by atoms with Crippen LogP contribution in [0.25, 0.3) is 0 Å². The summed E-state index contributed by atoms with van der Waals surface area (Å²) >= 11 is 0. The van der Waals surface area contributed by atoms with Gasteiger partial charge in [-0.05, 0) is 32.1 Å². The summed E-state index contributed by atoms with van der Waals surface area (Å²) in [7, 11) is 0. The molecule has 1 heteroatoms. The van der Waals surface area contributed by atoms with E-state index in [1.54, 1.807) is 0 Å². The lowest BCUT2D eigenvalue weighted by molar-refractivity contribution is 0.465. The van der Waals surface area contributed by atoms with E-state index in [4.69, 9.17) is 0 Å². The van der Waals surface area contributed by atoms with Gasteiger partial charge in [0.25, 0.3) is 0 Å². The molecule has 1 saturated carbocycles. The third-order valence-electron chi connectivity index (χ3n) is 2.17. The van der Waals surface area contributed by atoms with Crippen LogP contribution in [0.15, 0.2) is 0 Å². The highest BCUT2D eigenvalue weighted by Crippen LogP contribution is 2.34. The van der Waals surface area contributed by atoms with Gasteiger partial charge in [-0.2, -0.15) is 0 Å². The number of hydrogen-bond acceptors (Lipinski definition) is 1. The molecule has 1 atom stereocenters. The van der Waals surface area contributed by atoms with Crippen molar-refractivity contribution in [1.29, 1.82) is 0 Å². The molecule has 1 N–H and O–H groups in total. The maximum atomic E-state index is 3.42. The van der Waals surface area contributed by atoms with Crippen LogP contribution in [0.4, 0.5) is 0 Å². The van der Waals surface area contributed by atoms with Crippen molar-refractivity contribution in [1.82, 2.24) is 5.32 Å². The summed E-state index contributed by atoms with van der Waals surface area (Å²) < 4.78 is 0. The first kappa shape index (κ1) is 8.06. The molecular weight excluding hydrogens is 122 g/mol. The molecule has 0 aromatic heterocycles. The summed E-state index contributed by atoms with van der Waals surface area (Å²) in [5, 5.41) is 3.42. The first-order valence-electron chi connectivity index (χ1n) is 4.42. The van der Waals surface area contributed by atoms with Crippen LogP contribution in [0.5, 0.6) is 0 Å². The molecule has 1 unspecified atom stereocenters. The molecule has 0 saturated heterocycles. The van der Waals surface area contributed by atoms with Crippen LogP contribution in [0.3, 0.4) is 0 Å². The van der Waals surface area contributed by atoms with Gasteiger partial charge in [0.15, 0.2) is 0 Å². The van der Waals surface area contributed by atoms with Crippen molar-refractivity contribution in [2.45, 2.75) is 45.6 Å². The molecule has 0 heterocycles. The van der Waals surface area contributed by atoms with Crippen molar-refractivity contribution >= 4 is 0 Å². The Morgan fingerprint density at radius 3 is 2.70 bits per heavy atom. The van der Waals surface area contributed by atoms with Crippen LogP contribution >= 0.6 is 0 Å². The molecule has 10 heavy (non-hydrogen) atoms. The zero-order chi connectivity index (χ0) is 7.40. The third kappa shape index (κ3) is 2.30. The highest BCUT2D eigenvalue weighted by atomic mass is 14.9. The fourth-order valence-electron chi connectivity index (χ4n) is 1.48. The van der Waals surface area contributed by atoms with Crippen molar-refractivity contribution in [3.63, 3.8) is 0 Å². The molecule has 0 aromatic rings. The van der Waals surface area contributed by atoms with Crippen molar-refractivity contribution < 1.29 is 0 Å². The molecule has 1 radical (unpaired) electrons. The summed E-state index contributed by atoms with van der Waals surface area (Å²) in [5.74, 6) is 0.996. The van der Waals surface area contributed by atoms with Crippen molar-refractivity contribution in [2.24, 2.45) is 5.92 Å². The second-order valence-corrected chi connectivity index (χ2v) is 3.19.